The molecule has 0 saturated heterocycles. The summed E-state index contributed by atoms with van der Waals surface area (Å²) in [7, 11) is 0. The molecule has 2 unspecified atom stereocenters. The summed E-state index contributed by atoms with van der Waals surface area (Å²) in [4.78, 5) is 2.45. The minimum absolute atomic E-state index is 0.676. The highest BCUT2D eigenvalue weighted by atomic mass is 15.1. The molecule has 1 nitrogen and oxygen atoms in total. The third-order valence-electron chi connectivity index (χ3n) is 6.16. The van der Waals surface area contributed by atoms with Gasteiger partial charge in [-0.25, -0.2) is 0 Å². The molecule has 134 valence electrons. The van der Waals surface area contributed by atoms with E-state index < -0.39 is 0 Å². The molecule has 0 aliphatic heterocycles. The Balaban J connectivity index is 1.75. The first-order chi connectivity index (χ1) is 12.1. The fraction of sp³-hybridized carbons (Fsp3) is 0.500. The van der Waals surface area contributed by atoms with Gasteiger partial charge in [0.05, 0.1) is 0 Å². The van der Waals surface area contributed by atoms with Crippen molar-refractivity contribution in [3.05, 3.63) is 59.8 Å². The molecule has 3 rings (SSSR count). The van der Waals surface area contributed by atoms with E-state index in [1.165, 1.54) is 59.7 Å². The van der Waals surface area contributed by atoms with Crippen LogP contribution in [0.25, 0.3) is 10.8 Å². The van der Waals surface area contributed by atoms with Gasteiger partial charge >= 0.3 is 0 Å². The first kappa shape index (κ1) is 18.0. The van der Waals surface area contributed by atoms with Gasteiger partial charge in [-0.15, -0.1) is 0 Å². The van der Waals surface area contributed by atoms with Gasteiger partial charge in [0.2, 0.25) is 0 Å². The molecule has 0 heterocycles. The highest BCUT2D eigenvalue weighted by Gasteiger charge is 2.26. The SMILES string of the molecule is C=C(C1CCCC(Cc2ccc(C)c3ccccc23)C1)N(CC)CC. The topological polar surface area (TPSA) is 3.24 Å². The predicted octanol–water partition coefficient (Wildman–Crippen LogP) is 6.35. The third-order valence-corrected chi connectivity index (χ3v) is 6.16. The molecular formula is C24H33N. The van der Waals surface area contributed by atoms with Crippen molar-refractivity contribution in [2.75, 3.05) is 13.1 Å². The van der Waals surface area contributed by atoms with Crippen molar-refractivity contribution in [1.29, 1.82) is 0 Å². The molecule has 2 aromatic carbocycles. The van der Waals surface area contributed by atoms with E-state index in [1.807, 2.05) is 0 Å². The Hall–Kier alpha value is -1.76. The van der Waals surface area contributed by atoms with Crippen LogP contribution in [-0.2, 0) is 6.42 Å². The molecule has 25 heavy (non-hydrogen) atoms. The average Bonchev–Trinajstić information content (AvgIpc) is 2.65. The standard InChI is InChI=1S/C24H33N/c1-5-25(6-2)19(4)21-11-9-10-20(16-21)17-22-15-14-18(3)23-12-7-8-13-24(22)23/h7-8,12-15,20-21H,4-6,9-11,16-17H2,1-3H3. The number of fused-ring (bicyclic) bond motifs is 1. The van der Waals surface area contributed by atoms with E-state index in [4.69, 9.17) is 0 Å². The second-order valence-corrected chi connectivity index (χ2v) is 7.68. The zero-order chi connectivity index (χ0) is 17.8. The van der Waals surface area contributed by atoms with Crippen LogP contribution in [0.3, 0.4) is 0 Å². The number of aryl methyl sites for hydroxylation is 1. The summed E-state index contributed by atoms with van der Waals surface area (Å²) < 4.78 is 0. The summed E-state index contributed by atoms with van der Waals surface area (Å²) in [5, 5.41) is 2.87. The lowest BCUT2D eigenvalue weighted by Gasteiger charge is -2.35. The Kier molecular flexibility index (Phi) is 5.83. The monoisotopic (exact) mass is 335 g/mol. The van der Waals surface area contributed by atoms with Gasteiger partial charge in [-0.05, 0) is 73.8 Å². The van der Waals surface area contributed by atoms with Crippen molar-refractivity contribution >= 4 is 10.8 Å². The summed E-state index contributed by atoms with van der Waals surface area (Å²) >= 11 is 0. The molecule has 1 saturated carbocycles. The van der Waals surface area contributed by atoms with Crippen LogP contribution >= 0.6 is 0 Å². The van der Waals surface area contributed by atoms with Crippen molar-refractivity contribution in [1.82, 2.24) is 4.90 Å². The molecule has 0 amide bonds. The Morgan fingerprint density at radius 3 is 2.48 bits per heavy atom. The van der Waals surface area contributed by atoms with E-state index in [2.05, 4.69) is 68.6 Å². The molecule has 2 atom stereocenters. The van der Waals surface area contributed by atoms with Crippen molar-refractivity contribution in [2.24, 2.45) is 11.8 Å². The highest BCUT2D eigenvalue weighted by molar-refractivity contribution is 5.88. The van der Waals surface area contributed by atoms with E-state index in [-0.39, 0.29) is 0 Å². The summed E-state index contributed by atoms with van der Waals surface area (Å²) in [5.74, 6) is 1.47. The maximum atomic E-state index is 4.45. The fourth-order valence-corrected chi connectivity index (χ4v) is 4.67. The van der Waals surface area contributed by atoms with Crippen LogP contribution in [0.1, 0.15) is 50.7 Å². The number of hydrogen-bond acceptors (Lipinski definition) is 1. The maximum absolute atomic E-state index is 4.45. The van der Waals surface area contributed by atoms with Gasteiger partial charge in [0.15, 0.2) is 0 Å². The number of rotatable bonds is 6. The van der Waals surface area contributed by atoms with Gasteiger partial charge in [-0.3, -0.25) is 0 Å². The number of hydrogen-bond donors (Lipinski definition) is 0. The van der Waals surface area contributed by atoms with Gasteiger partial charge in [-0.2, -0.15) is 0 Å². The van der Waals surface area contributed by atoms with E-state index in [9.17, 15) is 0 Å². The average molecular weight is 336 g/mol. The summed E-state index contributed by atoms with van der Waals surface area (Å²) in [6, 6.07) is 13.6. The van der Waals surface area contributed by atoms with E-state index in [0.29, 0.717) is 5.92 Å². The second-order valence-electron chi connectivity index (χ2n) is 7.68. The molecule has 1 aliphatic carbocycles. The lowest BCUT2D eigenvalue weighted by molar-refractivity contribution is 0.239. The number of allylic oxidation sites excluding steroid dienone is 1. The minimum Gasteiger partial charge on any atom is -0.376 e. The first-order valence-electron chi connectivity index (χ1n) is 10.0. The molecule has 0 bridgehead atoms. The Labute approximate surface area is 153 Å². The first-order valence-corrected chi connectivity index (χ1v) is 10.0. The smallest absolute Gasteiger partial charge is 0.0146 e. The molecule has 0 spiro atoms. The highest BCUT2D eigenvalue weighted by Crippen LogP contribution is 2.37. The molecule has 1 heteroatoms. The van der Waals surface area contributed by atoms with E-state index in [0.717, 1.165) is 19.0 Å². The van der Waals surface area contributed by atoms with Crippen LogP contribution in [0, 0.1) is 18.8 Å². The lowest BCUT2D eigenvalue weighted by atomic mass is 9.76. The second kappa shape index (κ2) is 8.08. The summed E-state index contributed by atoms with van der Waals surface area (Å²) in [5.41, 5.74) is 4.29. The molecule has 0 N–H and O–H groups in total. The van der Waals surface area contributed by atoms with Crippen LogP contribution in [0.15, 0.2) is 48.7 Å². The predicted molar refractivity (Wildman–Crippen MR) is 110 cm³/mol. The third kappa shape index (κ3) is 3.92. The van der Waals surface area contributed by atoms with Crippen molar-refractivity contribution in [3.63, 3.8) is 0 Å². The Morgan fingerprint density at radius 1 is 1.04 bits per heavy atom. The van der Waals surface area contributed by atoms with Gasteiger partial charge in [0.25, 0.3) is 0 Å². The molecule has 0 aromatic heterocycles. The van der Waals surface area contributed by atoms with Crippen LogP contribution in [0.5, 0.6) is 0 Å². The maximum Gasteiger partial charge on any atom is 0.0146 e. The van der Waals surface area contributed by atoms with E-state index in [1.54, 1.807) is 0 Å². The van der Waals surface area contributed by atoms with Gasteiger partial charge in [-0.1, -0.05) is 55.8 Å². The zero-order valence-electron chi connectivity index (χ0n) is 16.2. The normalized spacial score (nSPS) is 20.6. The zero-order valence-corrected chi connectivity index (χ0v) is 16.2. The lowest BCUT2D eigenvalue weighted by Crippen LogP contribution is -2.29. The summed E-state index contributed by atoms with van der Waals surface area (Å²) in [6.07, 6.45) is 6.55. The van der Waals surface area contributed by atoms with Crippen LogP contribution in [-0.4, -0.2) is 18.0 Å². The quantitative estimate of drug-likeness (QED) is 0.594. The van der Waals surface area contributed by atoms with Crippen molar-refractivity contribution in [2.45, 2.75) is 52.9 Å². The Bertz CT molecular complexity index is 726. The van der Waals surface area contributed by atoms with Gasteiger partial charge < -0.3 is 4.90 Å². The van der Waals surface area contributed by atoms with Crippen molar-refractivity contribution in [3.8, 4) is 0 Å². The largest absolute Gasteiger partial charge is 0.376 e. The fourth-order valence-electron chi connectivity index (χ4n) is 4.67. The van der Waals surface area contributed by atoms with Crippen LogP contribution in [0.4, 0.5) is 0 Å². The summed E-state index contributed by atoms with van der Waals surface area (Å²) in [6.45, 7) is 13.3. The minimum atomic E-state index is 0.676. The van der Waals surface area contributed by atoms with Crippen molar-refractivity contribution < 1.29 is 0 Å². The molecular weight excluding hydrogens is 302 g/mol. The Morgan fingerprint density at radius 2 is 1.76 bits per heavy atom. The van der Waals surface area contributed by atoms with Gasteiger partial charge in [0.1, 0.15) is 0 Å². The van der Waals surface area contributed by atoms with E-state index >= 15 is 0 Å². The van der Waals surface area contributed by atoms with Crippen LogP contribution in [0.2, 0.25) is 0 Å². The molecule has 0 radical (unpaired) electrons. The number of benzene rings is 2. The van der Waals surface area contributed by atoms with Gasteiger partial charge in [0, 0.05) is 18.8 Å². The molecule has 2 aromatic rings. The van der Waals surface area contributed by atoms with Crippen LogP contribution < -0.4 is 0 Å². The number of nitrogens with zero attached hydrogens (tertiary/aromatic N) is 1. The molecule has 1 fully saturated rings. The molecule has 1 aliphatic rings.